The Morgan fingerprint density at radius 3 is 2.75 bits per heavy atom. The van der Waals surface area contributed by atoms with Gasteiger partial charge in [0.2, 0.25) is 0 Å². The summed E-state index contributed by atoms with van der Waals surface area (Å²) in [5, 5.41) is 11.3. The largest absolute Gasteiger partial charge is 0.451 e. The molecule has 0 unspecified atom stereocenters. The van der Waals surface area contributed by atoms with Crippen LogP contribution in [0.2, 0.25) is 0 Å². The molecule has 1 amide bonds. The Bertz CT molecular complexity index is 781. The van der Waals surface area contributed by atoms with Gasteiger partial charge in [-0.3, -0.25) is 4.79 Å². The zero-order valence-corrected chi connectivity index (χ0v) is 13.8. The molecule has 1 aliphatic carbocycles. The summed E-state index contributed by atoms with van der Waals surface area (Å²) < 4.78 is 5.08. The molecular formula is C18H16N2O3S. The molecule has 6 heteroatoms. The van der Waals surface area contributed by atoms with E-state index in [1.165, 1.54) is 21.8 Å². The van der Waals surface area contributed by atoms with Crippen molar-refractivity contribution in [3.05, 3.63) is 51.2 Å². The van der Waals surface area contributed by atoms with E-state index in [4.69, 9.17) is 10.00 Å². The number of nitriles is 1. The van der Waals surface area contributed by atoms with Gasteiger partial charge in [0, 0.05) is 10.6 Å². The first kappa shape index (κ1) is 16.2. The van der Waals surface area contributed by atoms with Crippen LogP contribution < -0.4 is 5.32 Å². The molecule has 1 aromatic heterocycles. The first-order valence-electron chi connectivity index (χ1n) is 7.70. The Balaban J connectivity index is 1.49. The number of anilines is 1. The number of carbonyl (C=O) groups is 2. The van der Waals surface area contributed by atoms with Crippen molar-refractivity contribution in [1.29, 1.82) is 5.26 Å². The van der Waals surface area contributed by atoms with Crippen LogP contribution in [0.4, 0.5) is 5.69 Å². The van der Waals surface area contributed by atoms with Crippen molar-refractivity contribution in [2.24, 2.45) is 0 Å². The third-order valence-electron chi connectivity index (χ3n) is 3.80. The van der Waals surface area contributed by atoms with Gasteiger partial charge in [0.1, 0.15) is 4.88 Å². The van der Waals surface area contributed by atoms with Gasteiger partial charge in [-0.15, -0.1) is 11.3 Å². The maximum absolute atomic E-state index is 12.0. The second-order valence-corrected chi connectivity index (χ2v) is 6.71. The van der Waals surface area contributed by atoms with Crippen LogP contribution in [0.1, 0.15) is 32.1 Å². The van der Waals surface area contributed by atoms with Gasteiger partial charge in [-0.25, -0.2) is 4.79 Å². The fraction of sp³-hybridized carbons (Fsp3) is 0.278. The van der Waals surface area contributed by atoms with Gasteiger partial charge >= 0.3 is 5.97 Å². The molecule has 1 aromatic carbocycles. The molecule has 3 rings (SSSR count). The summed E-state index contributed by atoms with van der Waals surface area (Å²) >= 11 is 1.46. The van der Waals surface area contributed by atoms with E-state index in [-0.39, 0.29) is 12.5 Å². The number of esters is 1. The van der Waals surface area contributed by atoms with Crippen LogP contribution in [0.15, 0.2) is 30.3 Å². The maximum Gasteiger partial charge on any atom is 0.348 e. The lowest BCUT2D eigenvalue weighted by Gasteiger charge is -2.06. The Morgan fingerprint density at radius 2 is 2.04 bits per heavy atom. The highest BCUT2D eigenvalue weighted by Gasteiger charge is 2.19. The quantitative estimate of drug-likeness (QED) is 0.848. The molecule has 0 saturated heterocycles. The van der Waals surface area contributed by atoms with Gasteiger partial charge in [0.25, 0.3) is 5.91 Å². The number of amides is 1. The number of carbonyl (C=O) groups excluding carboxylic acids is 2. The number of fused-ring (bicyclic) bond motifs is 1. The molecule has 1 heterocycles. The topological polar surface area (TPSA) is 79.2 Å². The van der Waals surface area contributed by atoms with Crippen LogP contribution >= 0.6 is 11.3 Å². The van der Waals surface area contributed by atoms with Gasteiger partial charge in [0.15, 0.2) is 6.61 Å². The van der Waals surface area contributed by atoms with E-state index in [9.17, 15) is 9.59 Å². The summed E-state index contributed by atoms with van der Waals surface area (Å²) in [6, 6.07) is 10.9. The molecule has 0 bridgehead atoms. The fourth-order valence-corrected chi connectivity index (χ4v) is 3.77. The SMILES string of the molecule is N#CCc1ccc(NC(=O)COC(=O)c2cc3c(s2)CCC3)cc1. The van der Waals surface area contributed by atoms with Crippen LogP contribution in [0, 0.1) is 11.3 Å². The van der Waals surface area contributed by atoms with E-state index in [2.05, 4.69) is 11.4 Å². The third-order valence-corrected chi connectivity index (χ3v) is 5.02. The lowest BCUT2D eigenvalue weighted by Crippen LogP contribution is -2.20. The average molecular weight is 340 g/mol. The Kier molecular flexibility index (Phi) is 4.92. The number of nitrogens with zero attached hydrogens (tertiary/aromatic N) is 1. The van der Waals surface area contributed by atoms with E-state index in [0.29, 0.717) is 17.0 Å². The van der Waals surface area contributed by atoms with Gasteiger partial charge in [-0.1, -0.05) is 12.1 Å². The molecule has 122 valence electrons. The summed E-state index contributed by atoms with van der Waals surface area (Å²) in [7, 11) is 0. The Morgan fingerprint density at radius 1 is 1.25 bits per heavy atom. The van der Waals surface area contributed by atoms with Gasteiger partial charge in [0.05, 0.1) is 12.5 Å². The molecule has 0 aliphatic heterocycles. The number of aryl methyl sites for hydroxylation is 2. The highest BCUT2D eigenvalue weighted by Crippen LogP contribution is 2.30. The van der Waals surface area contributed by atoms with E-state index in [1.807, 2.05) is 6.07 Å². The van der Waals surface area contributed by atoms with Crippen molar-refractivity contribution < 1.29 is 14.3 Å². The van der Waals surface area contributed by atoms with Crippen molar-refractivity contribution in [3.8, 4) is 6.07 Å². The fourth-order valence-electron chi connectivity index (χ4n) is 2.63. The van der Waals surface area contributed by atoms with Crippen LogP contribution in [0.5, 0.6) is 0 Å². The monoisotopic (exact) mass is 340 g/mol. The second-order valence-electron chi connectivity index (χ2n) is 5.57. The first-order chi connectivity index (χ1) is 11.7. The highest BCUT2D eigenvalue weighted by atomic mass is 32.1. The molecule has 2 aromatic rings. The van der Waals surface area contributed by atoms with Crippen LogP contribution in [0.3, 0.4) is 0 Å². The van der Waals surface area contributed by atoms with E-state index in [1.54, 1.807) is 24.3 Å². The van der Waals surface area contributed by atoms with Crippen LogP contribution in [-0.2, 0) is 28.8 Å². The van der Waals surface area contributed by atoms with Crippen LogP contribution in [-0.4, -0.2) is 18.5 Å². The number of nitrogens with one attached hydrogen (secondary N) is 1. The third kappa shape index (κ3) is 3.81. The summed E-state index contributed by atoms with van der Waals surface area (Å²) in [5.74, 6) is -0.839. The summed E-state index contributed by atoms with van der Waals surface area (Å²) in [6.45, 7) is -0.318. The molecule has 1 N–H and O–H groups in total. The standard InChI is InChI=1S/C18H16N2O3S/c19-9-8-12-4-6-14(7-5-12)20-17(21)11-23-18(22)16-10-13-2-1-3-15(13)24-16/h4-7,10H,1-3,8,11H2,(H,20,21). The first-order valence-corrected chi connectivity index (χ1v) is 8.52. The Labute approximate surface area is 143 Å². The lowest BCUT2D eigenvalue weighted by atomic mass is 10.1. The minimum Gasteiger partial charge on any atom is -0.451 e. The minimum absolute atomic E-state index is 0.318. The number of rotatable bonds is 5. The second kappa shape index (κ2) is 7.28. The van der Waals surface area contributed by atoms with Gasteiger partial charge in [-0.2, -0.15) is 5.26 Å². The number of hydrogen-bond donors (Lipinski definition) is 1. The van der Waals surface area contributed by atoms with E-state index < -0.39 is 5.97 Å². The predicted octanol–water partition coefficient (Wildman–Crippen LogP) is 3.10. The van der Waals surface area contributed by atoms with Crippen molar-refractivity contribution in [2.45, 2.75) is 25.7 Å². The highest BCUT2D eigenvalue weighted by molar-refractivity contribution is 7.14. The molecule has 0 atom stereocenters. The molecular weight excluding hydrogens is 324 g/mol. The number of hydrogen-bond acceptors (Lipinski definition) is 5. The predicted molar refractivity (Wildman–Crippen MR) is 91.0 cm³/mol. The molecule has 0 spiro atoms. The van der Waals surface area contributed by atoms with E-state index in [0.717, 1.165) is 24.8 Å². The van der Waals surface area contributed by atoms with Gasteiger partial charge < -0.3 is 10.1 Å². The van der Waals surface area contributed by atoms with Crippen molar-refractivity contribution >= 4 is 28.9 Å². The van der Waals surface area contributed by atoms with Crippen molar-refractivity contribution in [1.82, 2.24) is 0 Å². The molecule has 1 aliphatic rings. The maximum atomic E-state index is 12.0. The normalized spacial score (nSPS) is 12.3. The summed E-state index contributed by atoms with van der Waals surface area (Å²) in [6.07, 6.45) is 3.51. The summed E-state index contributed by atoms with van der Waals surface area (Å²) in [5.41, 5.74) is 2.72. The number of benzene rings is 1. The zero-order valence-electron chi connectivity index (χ0n) is 13.0. The smallest absolute Gasteiger partial charge is 0.348 e. The van der Waals surface area contributed by atoms with Crippen molar-refractivity contribution in [3.63, 3.8) is 0 Å². The van der Waals surface area contributed by atoms with Gasteiger partial charge in [-0.05, 0) is 48.6 Å². The minimum atomic E-state index is -0.450. The molecule has 0 saturated carbocycles. The summed E-state index contributed by atoms with van der Waals surface area (Å²) in [4.78, 5) is 25.7. The number of thiophene rings is 1. The Hall–Kier alpha value is -2.65. The molecule has 0 fully saturated rings. The average Bonchev–Trinajstić information content (AvgIpc) is 3.16. The molecule has 0 radical (unpaired) electrons. The van der Waals surface area contributed by atoms with Crippen LogP contribution in [0.25, 0.3) is 0 Å². The van der Waals surface area contributed by atoms with Crippen molar-refractivity contribution in [2.75, 3.05) is 11.9 Å². The molecule has 24 heavy (non-hydrogen) atoms. The molecule has 5 nitrogen and oxygen atoms in total. The lowest BCUT2D eigenvalue weighted by molar-refractivity contribution is -0.119. The van der Waals surface area contributed by atoms with E-state index >= 15 is 0 Å². The zero-order chi connectivity index (χ0) is 16.9. The number of ether oxygens (including phenoxy) is 1.